The molecular formula is C12H12Cl2N4O2S. The summed E-state index contributed by atoms with van der Waals surface area (Å²) in [6, 6.07) is 1.78. The fourth-order valence-corrected chi connectivity index (χ4v) is 4.05. The fourth-order valence-electron chi connectivity index (χ4n) is 2.33. The van der Waals surface area contributed by atoms with Crippen LogP contribution in [0.25, 0.3) is 10.8 Å². The molecule has 0 bridgehead atoms. The molecule has 2 aromatic rings. The molecule has 2 aromatic heterocycles. The van der Waals surface area contributed by atoms with E-state index in [9.17, 15) is 8.42 Å². The third-order valence-corrected chi connectivity index (χ3v) is 5.66. The molecule has 0 atom stereocenters. The zero-order valence-corrected chi connectivity index (χ0v) is 13.5. The molecule has 6 nitrogen and oxygen atoms in total. The second-order valence-electron chi connectivity index (χ2n) is 4.91. The molecule has 1 aliphatic rings. The van der Waals surface area contributed by atoms with Crippen molar-refractivity contribution >= 4 is 49.6 Å². The average Bonchev–Trinajstić information content (AvgIpc) is 2.42. The van der Waals surface area contributed by atoms with Crippen molar-refractivity contribution < 1.29 is 8.42 Å². The van der Waals surface area contributed by atoms with Gasteiger partial charge in [-0.15, -0.1) is 5.10 Å². The average molecular weight is 347 g/mol. The van der Waals surface area contributed by atoms with Crippen LogP contribution in [-0.4, -0.2) is 48.2 Å². The van der Waals surface area contributed by atoms with Gasteiger partial charge in [-0.3, -0.25) is 0 Å². The minimum Gasteiger partial charge on any atom is -0.355 e. The Morgan fingerprint density at radius 3 is 2.48 bits per heavy atom. The summed E-state index contributed by atoms with van der Waals surface area (Å²) < 4.78 is 23.0. The number of aryl methyl sites for hydroxylation is 1. The second-order valence-corrected chi connectivity index (χ2v) is 7.93. The van der Waals surface area contributed by atoms with E-state index in [1.165, 1.54) is 0 Å². The number of hydrogen-bond acceptors (Lipinski definition) is 6. The fraction of sp³-hybridized carbons (Fsp3) is 0.417. The van der Waals surface area contributed by atoms with Gasteiger partial charge in [0.15, 0.2) is 15.0 Å². The van der Waals surface area contributed by atoms with E-state index in [1.54, 1.807) is 13.0 Å². The smallest absolute Gasteiger partial charge is 0.159 e. The zero-order valence-electron chi connectivity index (χ0n) is 11.2. The van der Waals surface area contributed by atoms with Gasteiger partial charge in [-0.05, 0) is 13.0 Å². The van der Waals surface area contributed by atoms with Gasteiger partial charge in [0.2, 0.25) is 0 Å². The van der Waals surface area contributed by atoms with E-state index in [2.05, 4.69) is 15.2 Å². The lowest BCUT2D eigenvalue weighted by Crippen LogP contribution is -2.40. The quantitative estimate of drug-likeness (QED) is 0.733. The summed E-state index contributed by atoms with van der Waals surface area (Å²) in [4.78, 5) is 6.23. The summed E-state index contributed by atoms with van der Waals surface area (Å²) >= 11 is 12.3. The Kier molecular flexibility index (Phi) is 3.67. The lowest BCUT2D eigenvalue weighted by molar-refractivity contribution is 0.586. The molecule has 0 unspecified atom stereocenters. The molecule has 0 spiro atoms. The minimum absolute atomic E-state index is 0.117. The van der Waals surface area contributed by atoms with Gasteiger partial charge in [0.05, 0.1) is 17.2 Å². The highest BCUT2D eigenvalue weighted by Crippen LogP contribution is 2.31. The normalized spacial score (nSPS) is 18.1. The van der Waals surface area contributed by atoms with E-state index < -0.39 is 9.84 Å². The monoisotopic (exact) mass is 346 g/mol. The summed E-state index contributed by atoms with van der Waals surface area (Å²) in [6.07, 6.45) is 0. The molecule has 0 amide bonds. The number of pyridine rings is 1. The number of rotatable bonds is 1. The standard InChI is InChI=1S/C12H12Cl2N4O2S/c1-7-10-8(11(13)17-16-7)6-9(15-12(10)14)18-2-4-21(19,20)5-3-18/h6H,2-5H2,1H3. The van der Waals surface area contributed by atoms with Crippen LogP contribution >= 0.6 is 23.2 Å². The predicted molar refractivity (Wildman–Crippen MR) is 83.0 cm³/mol. The van der Waals surface area contributed by atoms with E-state index in [0.29, 0.717) is 40.5 Å². The maximum Gasteiger partial charge on any atom is 0.159 e. The van der Waals surface area contributed by atoms with Crippen LogP contribution in [0.1, 0.15) is 5.69 Å². The van der Waals surface area contributed by atoms with E-state index in [1.807, 2.05) is 4.90 Å². The Hall–Kier alpha value is -1.18. The molecule has 3 rings (SSSR count). The Balaban J connectivity index is 2.07. The van der Waals surface area contributed by atoms with Crippen molar-refractivity contribution in [2.24, 2.45) is 0 Å². The zero-order chi connectivity index (χ0) is 15.2. The first kappa shape index (κ1) is 14.7. The SMILES string of the molecule is Cc1nnc(Cl)c2cc(N3CCS(=O)(=O)CC3)nc(Cl)c12. The number of anilines is 1. The van der Waals surface area contributed by atoms with Gasteiger partial charge in [0.25, 0.3) is 0 Å². The van der Waals surface area contributed by atoms with Crippen molar-refractivity contribution in [3.63, 3.8) is 0 Å². The highest BCUT2D eigenvalue weighted by molar-refractivity contribution is 7.91. The van der Waals surface area contributed by atoms with Crippen molar-refractivity contribution in [3.05, 3.63) is 22.1 Å². The molecule has 3 heterocycles. The molecule has 21 heavy (non-hydrogen) atoms. The Morgan fingerprint density at radius 2 is 1.81 bits per heavy atom. The maximum atomic E-state index is 11.5. The number of sulfone groups is 1. The van der Waals surface area contributed by atoms with Gasteiger partial charge < -0.3 is 4.90 Å². The molecule has 1 fully saturated rings. The molecule has 0 N–H and O–H groups in total. The highest BCUT2D eigenvalue weighted by Gasteiger charge is 2.23. The largest absolute Gasteiger partial charge is 0.355 e. The summed E-state index contributed by atoms with van der Waals surface area (Å²) in [5.41, 5.74) is 0.652. The van der Waals surface area contributed by atoms with Crippen LogP contribution in [0.5, 0.6) is 0 Å². The number of nitrogens with zero attached hydrogens (tertiary/aromatic N) is 4. The van der Waals surface area contributed by atoms with Gasteiger partial charge in [0.1, 0.15) is 11.0 Å². The number of halogens is 2. The van der Waals surface area contributed by atoms with E-state index in [-0.39, 0.29) is 16.7 Å². The highest BCUT2D eigenvalue weighted by atomic mass is 35.5. The lowest BCUT2D eigenvalue weighted by Gasteiger charge is -2.28. The molecule has 1 saturated heterocycles. The molecule has 0 saturated carbocycles. The van der Waals surface area contributed by atoms with Crippen molar-refractivity contribution in [1.82, 2.24) is 15.2 Å². The minimum atomic E-state index is -2.94. The first-order chi connectivity index (χ1) is 9.87. The van der Waals surface area contributed by atoms with Crippen molar-refractivity contribution in [3.8, 4) is 0 Å². The van der Waals surface area contributed by atoms with Crippen LogP contribution in [0.2, 0.25) is 10.3 Å². The molecule has 112 valence electrons. The van der Waals surface area contributed by atoms with Crippen LogP contribution in [0.15, 0.2) is 6.07 Å². The predicted octanol–water partition coefficient (Wildman–Crippen LogP) is 1.87. The topological polar surface area (TPSA) is 76.1 Å². The Bertz CT molecular complexity index is 812. The van der Waals surface area contributed by atoms with Gasteiger partial charge in [-0.2, -0.15) is 5.10 Å². The Labute approximate surface area is 132 Å². The van der Waals surface area contributed by atoms with Crippen molar-refractivity contribution in [2.45, 2.75) is 6.92 Å². The summed E-state index contributed by atoms with van der Waals surface area (Å²) in [6.45, 7) is 2.57. The van der Waals surface area contributed by atoms with E-state index >= 15 is 0 Å². The van der Waals surface area contributed by atoms with Crippen molar-refractivity contribution in [2.75, 3.05) is 29.5 Å². The van der Waals surface area contributed by atoms with Crippen LogP contribution < -0.4 is 4.90 Å². The van der Waals surface area contributed by atoms with Crippen LogP contribution in [-0.2, 0) is 9.84 Å². The van der Waals surface area contributed by atoms with E-state index in [0.717, 1.165) is 0 Å². The summed E-state index contributed by atoms with van der Waals surface area (Å²) in [7, 11) is -2.94. The third kappa shape index (κ3) is 2.77. The molecule has 0 radical (unpaired) electrons. The molecular weight excluding hydrogens is 335 g/mol. The molecule has 0 aliphatic carbocycles. The summed E-state index contributed by atoms with van der Waals surface area (Å²) in [5.74, 6) is 0.842. The first-order valence-corrected chi connectivity index (χ1v) is 8.89. The van der Waals surface area contributed by atoms with Gasteiger partial charge in [-0.25, -0.2) is 13.4 Å². The van der Waals surface area contributed by atoms with Crippen LogP contribution in [0.4, 0.5) is 5.82 Å². The maximum absolute atomic E-state index is 11.5. The van der Waals surface area contributed by atoms with Crippen molar-refractivity contribution in [1.29, 1.82) is 0 Å². The van der Waals surface area contributed by atoms with Crippen LogP contribution in [0, 0.1) is 6.92 Å². The molecule has 0 aromatic carbocycles. The van der Waals surface area contributed by atoms with E-state index in [4.69, 9.17) is 23.2 Å². The molecule has 1 aliphatic heterocycles. The lowest BCUT2D eigenvalue weighted by atomic mass is 10.2. The Morgan fingerprint density at radius 1 is 1.14 bits per heavy atom. The number of hydrogen-bond donors (Lipinski definition) is 0. The first-order valence-electron chi connectivity index (χ1n) is 6.32. The van der Waals surface area contributed by atoms with Gasteiger partial charge >= 0.3 is 0 Å². The van der Waals surface area contributed by atoms with Crippen LogP contribution in [0.3, 0.4) is 0 Å². The molecule has 9 heteroatoms. The van der Waals surface area contributed by atoms with Gasteiger partial charge in [0, 0.05) is 23.9 Å². The van der Waals surface area contributed by atoms with Gasteiger partial charge in [-0.1, -0.05) is 23.2 Å². The second kappa shape index (κ2) is 5.23. The third-order valence-electron chi connectivity index (χ3n) is 3.50. The number of aromatic nitrogens is 3. The summed E-state index contributed by atoms with van der Waals surface area (Å²) in [5, 5.41) is 9.70. The number of fused-ring (bicyclic) bond motifs is 1.